The summed E-state index contributed by atoms with van der Waals surface area (Å²) in [4.78, 5) is 2.39. The van der Waals surface area contributed by atoms with Crippen LogP contribution in [0, 0.1) is 10.7 Å². The van der Waals surface area contributed by atoms with Crippen molar-refractivity contribution in [1.82, 2.24) is 14.8 Å². The number of nitrogens with one attached hydrogen (secondary N) is 1. The minimum Gasteiger partial charge on any atom is -0.341 e. The number of hydrogen-bond donors (Lipinski definition) is 1. The third-order valence-electron chi connectivity index (χ3n) is 3.91. The lowest BCUT2D eigenvalue weighted by atomic mass is 9.98. The van der Waals surface area contributed by atoms with Gasteiger partial charge in [-0.25, -0.2) is 5.10 Å². The molecule has 1 aliphatic rings. The maximum Gasteiger partial charge on any atom is 0.225 e. The Morgan fingerprint density at radius 2 is 2.17 bits per heavy atom. The van der Waals surface area contributed by atoms with Crippen molar-refractivity contribution in [1.29, 1.82) is 0 Å². The summed E-state index contributed by atoms with van der Waals surface area (Å²) in [5.41, 5.74) is 0. The predicted octanol–water partition coefficient (Wildman–Crippen LogP) is 3.54. The summed E-state index contributed by atoms with van der Waals surface area (Å²) in [6.45, 7) is 8.81. The minimum absolute atomic E-state index is 0.358. The van der Waals surface area contributed by atoms with Gasteiger partial charge in [0.05, 0.1) is 0 Å². The fourth-order valence-electron chi connectivity index (χ4n) is 2.76. The molecule has 4 nitrogen and oxygen atoms in total. The first-order valence-corrected chi connectivity index (χ1v) is 7.46. The molecule has 5 heteroatoms. The first kappa shape index (κ1) is 13.6. The van der Waals surface area contributed by atoms with Gasteiger partial charge in [0, 0.05) is 19.1 Å². The van der Waals surface area contributed by atoms with Crippen LogP contribution in [0.5, 0.6) is 0 Å². The second-order valence-corrected chi connectivity index (χ2v) is 5.87. The molecule has 1 N–H and O–H groups in total. The van der Waals surface area contributed by atoms with E-state index in [0.717, 1.165) is 29.7 Å². The Hall–Kier alpha value is -0.840. The lowest BCUT2D eigenvalue weighted by Crippen LogP contribution is -2.28. The first-order chi connectivity index (χ1) is 8.63. The van der Waals surface area contributed by atoms with Crippen molar-refractivity contribution in [3.63, 3.8) is 0 Å². The highest BCUT2D eigenvalue weighted by Crippen LogP contribution is 2.24. The summed E-state index contributed by atoms with van der Waals surface area (Å²) in [5.74, 6) is 1.90. The van der Waals surface area contributed by atoms with Gasteiger partial charge in [0.25, 0.3) is 0 Å². The van der Waals surface area contributed by atoms with Crippen LogP contribution in [0.1, 0.15) is 52.5 Å². The first-order valence-electron chi connectivity index (χ1n) is 7.05. The van der Waals surface area contributed by atoms with Crippen molar-refractivity contribution < 1.29 is 0 Å². The molecule has 0 spiro atoms. The van der Waals surface area contributed by atoms with Gasteiger partial charge >= 0.3 is 0 Å². The third-order valence-corrected chi connectivity index (χ3v) is 4.20. The molecule has 1 saturated heterocycles. The normalized spacial score (nSPS) is 21.3. The van der Waals surface area contributed by atoms with E-state index in [1.165, 1.54) is 25.7 Å². The van der Waals surface area contributed by atoms with E-state index in [1.807, 2.05) is 0 Å². The van der Waals surface area contributed by atoms with E-state index in [-0.39, 0.29) is 0 Å². The van der Waals surface area contributed by atoms with Gasteiger partial charge in [0.2, 0.25) is 5.95 Å². The van der Waals surface area contributed by atoms with Crippen LogP contribution < -0.4 is 4.90 Å². The lowest BCUT2D eigenvalue weighted by molar-refractivity contribution is 0.459. The summed E-state index contributed by atoms with van der Waals surface area (Å²) in [7, 11) is 0. The van der Waals surface area contributed by atoms with Crippen molar-refractivity contribution in [2.75, 3.05) is 18.0 Å². The molecule has 1 aromatic heterocycles. The summed E-state index contributed by atoms with van der Waals surface area (Å²) in [6.07, 6.45) is 5.18. The maximum absolute atomic E-state index is 5.32. The Labute approximate surface area is 114 Å². The molecule has 1 atom stereocenters. The Morgan fingerprint density at radius 3 is 2.83 bits per heavy atom. The van der Waals surface area contributed by atoms with Crippen LogP contribution in [0.4, 0.5) is 5.95 Å². The van der Waals surface area contributed by atoms with E-state index in [1.54, 1.807) is 0 Å². The standard InChI is InChI=1S/C13H24N4S/c1-4-11-6-5-8-16(9-7-11)12-14-15-13(18)17(12)10(2)3/h10-11H,4-9H2,1-3H3,(H,15,18). The zero-order valence-corrected chi connectivity index (χ0v) is 12.5. The second kappa shape index (κ2) is 5.87. The topological polar surface area (TPSA) is 36.9 Å². The van der Waals surface area contributed by atoms with Crippen LogP contribution in [-0.4, -0.2) is 27.9 Å². The largest absolute Gasteiger partial charge is 0.341 e. The van der Waals surface area contributed by atoms with Gasteiger partial charge < -0.3 is 4.90 Å². The van der Waals surface area contributed by atoms with Gasteiger partial charge in [-0.2, -0.15) is 0 Å². The highest BCUT2D eigenvalue weighted by atomic mass is 32.1. The summed E-state index contributed by atoms with van der Waals surface area (Å²) < 4.78 is 2.86. The molecule has 0 aliphatic carbocycles. The molecule has 0 saturated carbocycles. The van der Waals surface area contributed by atoms with Gasteiger partial charge in [-0.1, -0.05) is 13.3 Å². The van der Waals surface area contributed by atoms with Gasteiger partial charge in [0.1, 0.15) is 0 Å². The molecule has 0 radical (unpaired) electrons. The molecule has 0 aromatic carbocycles. The number of aromatic nitrogens is 3. The summed E-state index contributed by atoms with van der Waals surface area (Å²) in [6, 6.07) is 0.358. The number of nitrogens with zero attached hydrogens (tertiary/aromatic N) is 3. The summed E-state index contributed by atoms with van der Waals surface area (Å²) >= 11 is 5.32. The molecular weight excluding hydrogens is 244 g/mol. The van der Waals surface area contributed by atoms with Crippen molar-refractivity contribution >= 4 is 18.2 Å². The van der Waals surface area contributed by atoms with E-state index in [0.29, 0.717) is 6.04 Å². The quantitative estimate of drug-likeness (QED) is 0.852. The Bertz CT molecular complexity index is 434. The lowest BCUT2D eigenvalue weighted by Gasteiger charge is -2.23. The molecule has 2 rings (SSSR count). The molecule has 1 fully saturated rings. The van der Waals surface area contributed by atoms with Crippen molar-refractivity contribution in [3.05, 3.63) is 4.77 Å². The number of H-pyrrole nitrogens is 1. The highest BCUT2D eigenvalue weighted by molar-refractivity contribution is 7.71. The number of anilines is 1. The van der Waals surface area contributed by atoms with Crippen LogP contribution in [0.25, 0.3) is 0 Å². The third kappa shape index (κ3) is 2.76. The van der Waals surface area contributed by atoms with E-state index >= 15 is 0 Å². The van der Waals surface area contributed by atoms with Crippen LogP contribution >= 0.6 is 12.2 Å². The minimum atomic E-state index is 0.358. The zero-order valence-electron chi connectivity index (χ0n) is 11.6. The molecule has 2 heterocycles. The SMILES string of the molecule is CCC1CCCN(c2n[nH]c(=S)n2C(C)C)CC1. The van der Waals surface area contributed by atoms with Gasteiger partial charge in [-0.05, 0) is 51.2 Å². The number of aromatic amines is 1. The molecule has 1 aromatic rings. The number of hydrogen-bond acceptors (Lipinski definition) is 3. The average Bonchev–Trinajstić information content (AvgIpc) is 2.59. The van der Waals surface area contributed by atoms with Gasteiger partial charge in [-0.15, -0.1) is 5.10 Å². The van der Waals surface area contributed by atoms with Crippen LogP contribution in [-0.2, 0) is 0 Å². The molecule has 1 aliphatic heterocycles. The number of rotatable bonds is 3. The molecule has 102 valence electrons. The Balaban J connectivity index is 2.19. The average molecular weight is 268 g/mol. The van der Waals surface area contributed by atoms with E-state index in [4.69, 9.17) is 12.2 Å². The fourth-order valence-corrected chi connectivity index (χ4v) is 3.10. The smallest absolute Gasteiger partial charge is 0.225 e. The van der Waals surface area contributed by atoms with Crippen molar-refractivity contribution in [2.24, 2.45) is 5.92 Å². The van der Waals surface area contributed by atoms with Crippen molar-refractivity contribution in [2.45, 2.75) is 52.5 Å². The molecule has 1 unspecified atom stereocenters. The van der Waals surface area contributed by atoms with E-state index in [9.17, 15) is 0 Å². The van der Waals surface area contributed by atoms with Crippen LogP contribution in [0.15, 0.2) is 0 Å². The highest BCUT2D eigenvalue weighted by Gasteiger charge is 2.20. The van der Waals surface area contributed by atoms with Gasteiger partial charge in [0.15, 0.2) is 4.77 Å². The maximum atomic E-state index is 5.32. The summed E-state index contributed by atoms with van der Waals surface area (Å²) in [5, 5.41) is 7.36. The molecular formula is C13H24N4S. The van der Waals surface area contributed by atoms with Crippen LogP contribution in [0.2, 0.25) is 0 Å². The Morgan fingerprint density at radius 1 is 1.39 bits per heavy atom. The fraction of sp³-hybridized carbons (Fsp3) is 0.846. The van der Waals surface area contributed by atoms with E-state index < -0.39 is 0 Å². The molecule has 0 amide bonds. The van der Waals surface area contributed by atoms with Crippen LogP contribution in [0.3, 0.4) is 0 Å². The van der Waals surface area contributed by atoms with Crippen molar-refractivity contribution in [3.8, 4) is 0 Å². The zero-order chi connectivity index (χ0) is 13.1. The van der Waals surface area contributed by atoms with Gasteiger partial charge in [-0.3, -0.25) is 4.57 Å². The second-order valence-electron chi connectivity index (χ2n) is 5.48. The molecule has 18 heavy (non-hydrogen) atoms. The Kier molecular flexibility index (Phi) is 4.43. The van der Waals surface area contributed by atoms with E-state index in [2.05, 4.69) is 40.4 Å². The monoisotopic (exact) mass is 268 g/mol. The molecule has 0 bridgehead atoms. The predicted molar refractivity (Wildman–Crippen MR) is 77.6 cm³/mol.